The van der Waals surface area contributed by atoms with Crippen molar-refractivity contribution >= 4 is 22.2 Å². The first-order valence-electron chi connectivity index (χ1n) is 10.4. The molecule has 1 atom stereocenters. The molecule has 0 bridgehead atoms. The number of thiophene rings is 1. The Balaban J connectivity index is 1.77. The molecule has 3 aromatic rings. The summed E-state index contributed by atoms with van der Waals surface area (Å²) in [5.41, 5.74) is 5.13. The predicted octanol–water partition coefficient (Wildman–Crippen LogP) is 4.68. The number of carbonyl (C=O) groups excluding carboxylic acids is 1. The number of carbonyl (C=O) groups is 1. The van der Waals surface area contributed by atoms with Gasteiger partial charge in [0.25, 0.3) is 5.91 Å². The van der Waals surface area contributed by atoms with Crippen LogP contribution in [0, 0.1) is 20.8 Å². The smallest absolute Gasteiger partial charge is 0.291 e. The molecule has 3 heterocycles. The summed E-state index contributed by atoms with van der Waals surface area (Å²) in [6, 6.07) is 12.6. The molecule has 1 amide bonds. The second-order valence-electron chi connectivity index (χ2n) is 8.02. The zero-order chi connectivity index (χ0) is 20.4. The van der Waals surface area contributed by atoms with Crippen molar-refractivity contribution in [2.45, 2.75) is 46.1 Å². The van der Waals surface area contributed by atoms with Gasteiger partial charge in [-0.1, -0.05) is 29.8 Å². The van der Waals surface area contributed by atoms with Crippen molar-refractivity contribution < 1.29 is 14.1 Å². The first kappa shape index (κ1) is 19.9. The molecule has 0 unspecified atom stereocenters. The molecule has 4 rings (SSSR count). The molecule has 0 aliphatic carbocycles. The highest BCUT2D eigenvalue weighted by molar-refractivity contribution is 7.16. The van der Waals surface area contributed by atoms with Crippen LogP contribution in [0.15, 0.2) is 47.1 Å². The number of furan rings is 1. The quantitative estimate of drug-likeness (QED) is 0.643. The van der Waals surface area contributed by atoms with Gasteiger partial charge in [-0.15, -0.1) is 11.3 Å². The molecule has 0 radical (unpaired) electrons. The monoisotopic (exact) mass is 409 g/mol. The number of quaternary nitrogens is 1. The van der Waals surface area contributed by atoms with Crippen LogP contribution in [0.25, 0.3) is 0 Å². The molecule has 0 spiro atoms. The van der Waals surface area contributed by atoms with Gasteiger partial charge in [-0.2, -0.15) is 0 Å². The Morgan fingerprint density at radius 1 is 1.07 bits per heavy atom. The lowest BCUT2D eigenvalue weighted by Gasteiger charge is -2.33. The van der Waals surface area contributed by atoms with E-state index < -0.39 is 0 Å². The van der Waals surface area contributed by atoms with Gasteiger partial charge in [-0.05, 0) is 57.7 Å². The Labute approximate surface area is 176 Å². The molecular weight excluding hydrogens is 380 g/mol. The molecule has 5 heteroatoms. The second-order valence-corrected chi connectivity index (χ2v) is 9.24. The van der Waals surface area contributed by atoms with Crippen molar-refractivity contribution in [1.82, 2.24) is 0 Å². The minimum absolute atomic E-state index is 0.186. The molecule has 2 N–H and O–H groups in total. The van der Waals surface area contributed by atoms with Gasteiger partial charge in [0.1, 0.15) is 11.0 Å². The van der Waals surface area contributed by atoms with Crippen LogP contribution in [0.2, 0.25) is 0 Å². The third-order valence-electron chi connectivity index (χ3n) is 6.01. The van der Waals surface area contributed by atoms with Gasteiger partial charge < -0.3 is 14.6 Å². The highest BCUT2D eigenvalue weighted by Crippen LogP contribution is 2.38. The van der Waals surface area contributed by atoms with E-state index in [0.717, 1.165) is 5.00 Å². The number of likely N-dealkylation sites (tertiary alicyclic amines) is 1. The molecule has 1 aliphatic heterocycles. The van der Waals surface area contributed by atoms with E-state index in [1.54, 1.807) is 28.4 Å². The van der Waals surface area contributed by atoms with Crippen molar-refractivity contribution in [3.8, 4) is 0 Å². The van der Waals surface area contributed by atoms with Crippen LogP contribution in [-0.2, 0) is 0 Å². The Kier molecular flexibility index (Phi) is 5.88. The Hall–Kier alpha value is -2.37. The lowest BCUT2D eigenvalue weighted by atomic mass is 9.92. The fraction of sp³-hybridized carbons (Fsp3) is 0.375. The van der Waals surface area contributed by atoms with Gasteiger partial charge in [0.05, 0.1) is 24.9 Å². The summed E-state index contributed by atoms with van der Waals surface area (Å²) in [7, 11) is 0. The number of hydrogen-bond acceptors (Lipinski definition) is 3. The molecule has 1 aromatic carbocycles. The summed E-state index contributed by atoms with van der Waals surface area (Å²) in [6.07, 6.45) is 5.36. The van der Waals surface area contributed by atoms with Gasteiger partial charge in [0.15, 0.2) is 5.76 Å². The van der Waals surface area contributed by atoms with Gasteiger partial charge in [-0.25, -0.2) is 0 Å². The lowest BCUT2D eigenvalue weighted by Crippen LogP contribution is -3.13. The van der Waals surface area contributed by atoms with E-state index >= 15 is 0 Å². The van der Waals surface area contributed by atoms with Crippen molar-refractivity contribution in [3.63, 3.8) is 0 Å². The molecule has 4 nitrogen and oxygen atoms in total. The topological polar surface area (TPSA) is 46.7 Å². The molecular formula is C24H29N2O2S+. The first-order chi connectivity index (χ1) is 14.0. The number of nitrogens with one attached hydrogen (secondary N) is 2. The number of piperidine rings is 1. The second kappa shape index (κ2) is 8.56. The predicted molar refractivity (Wildman–Crippen MR) is 118 cm³/mol. The first-order valence-corrected chi connectivity index (χ1v) is 11.2. The summed E-state index contributed by atoms with van der Waals surface area (Å²) in [5.74, 6) is 0.158. The van der Waals surface area contributed by atoms with Crippen molar-refractivity contribution in [3.05, 3.63) is 75.6 Å². The van der Waals surface area contributed by atoms with E-state index in [0.29, 0.717) is 5.76 Å². The third-order valence-corrected chi connectivity index (χ3v) is 7.15. The van der Waals surface area contributed by atoms with E-state index in [9.17, 15) is 4.79 Å². The average molecular weight is 410 g/mol. The number of hydrogen-bond donors (Lipinski definition) is 2. The molecule has 2 aromatic heterocycles. The molecule has 1 aliphatic rings. The van der Waals surface area contributed by atoms with Crippen molar-refractivity contribution in [2.24, 2.45) is 0 Å². The summed E-state index contributed by atoms with van der Waals surface area (Å²) in [4.78, 5) is 15.6. The molecule has 152 valence electrons. The maximum absolute atomic E-state index is 12.7. The molecule has 1 saturated heterocycles. The lowest BCUT2D eigenvalue weighted by molar-refractivity contribution is -0.930. The number of amides is 1. The maximum atomic E-state index is 12.7. The Morgan fingerprint density at radius 2 is 1.79 bits per heavy atom. The molecule has 0 saturated carbocycles. The number of benzene rings is 1. The maximum Gasteiger partial charge on any atom is 0.291 e. The minimum atomic E-state index is -0.186. The van der Waals surface area contributed by atoms with Gasteiger partial charge in [-0.3, -0.25) is 4.79 Å². The van der Waals surface area contributed by atoms with E-state index in [4.69, 9.17) is 4.42 Å². The largest absolute Gasteiger partial charge is 0.459 e. The van der Waals surface area contributed by atoms with E-state index in [2.05, 4.69) is 50.4 Å². The minimum Gasteiger partial charge on any atom is -0.459 e. The van der Waals surface area contributed by atoms with Crippen LogP contribution in [0.4, 0.5) is 5.00 Å². The molecule has 29 heavy (non-hydrogen) atoms. The summed E-state index contributed by atoms with van der Waals surface area (Å²) in [6.45, 7) is 8.79. The van der Waals surface area contributed by atoms with Crippen LogP contribution in [0.1, 0.15) is 63.0 Å². The fourth-order valence-electron chi connectivity index (χ4n) is 4.32. The third kappa shape index (κ3) is 4.16. The zero-order valence-corrected chi connectivity index (χ0v) is 18.2. The summed E-state index contributed by atoms with van der Waals surface area (Å²) >= 11 is 1.67. The van der Waals surface area contributed by atoms with E-state index in [1.165, 1.54) is 65.7 Å². The zero-order valence-electron chi connectivity index (χ0n) is 17.4. The highest BCUT2D eigenvalue weighted by Gasteiger charge is 2.33. The molecule has 1 fully saturated rings. The Bertz CT molecular complexity index is 967. The number of rotatable bonds is 5. The van der Waals surface area contributed by atoms with E-state index in [1.807, 2.05) is 0 Å². The van der Waals surface area contributed by atoms with Crippen LogP contribution in [0.5, 0.6) is 0 Å². The van der Waals surface area contributed by atoms with Crippen LogP contribution in [-0.4, -0.2) is 19.0 Å². The van der Waals surface area contributed by atoms with Crippen molar-refractivity contribution in [2.75, 3.05) is 18.4 Å². The van der Waals surface area contributed by atoms with Crippen molar-refractivity contribution in [1.29, 1.82) is 0 Å². The average Bonchev–Trinajstić information content (AvgIpc) is 3.35. The standard InChI is InChI=1S/C24H28N2O2S/c1-16-9-11-19(12-10-16)22(26-13-5-4-6-14-26)21-17(2)18(3)29-24(21)25-23(27)20-8-7-15-28-20/h7-12,15,22H,4-6,13-14H2,1-3H3,(H,25,27)/p+1/t22-/m0/s1. The van der Waals surface area contributed by atoms with Gasteiger partial charge in [0.2, 0.25) is 0 Å². The SMILES string of the molecule is Cc1ccc([C@@H](c2c(NC(=O)c3ccco3)sc(C)c2C)[NH+]2CCCCC2)cc1. The fourth-order valence-corrected chi connectivity index (χ4v) is 5.41. The van der Waals surface area contributed by atoms with Crippen LogP contribution in [0.3, 0.4) is 0 Å². The number of anilines is 1. The Morgan fingerprint density at radius 3 is 2.45 bits per heavy atom. The summed E-state index contributed by atoms with van der Waals surface area (Å²) < 4.78 is 5.31. The van der Waals surface area contributed by atoms with Crippen LogP contribution < -0.4 is 10.2 Å². The highest BCUT2D eigenvalue weighted by atomic mass is 32.1. The van der Waals surface area contributed by atoms with E-state index in [-0.39, 0.29) is 11.9 Å². The summed E-state index contributed by atoms with van der Waals surface area (Å²) in [5, 5.41) is 4.10. The number of aryl methyl sites for hydroxylation is 2. The van der Waals surface area contributed by atoms with Crippen LogP contribution >= 0.6 is 11.3 Å². The van der Waals surface area contributed by atoms with Gasteiger partial charge >= 0.3 is 0 Å². The normalized spacial score (nSPS) is 16.0. The van der Waals surface area contributed by atoms with Gasteiger partial charge in [0, 0.05) is 10.4 Å².